The highest BCUT2D eigenvalue weighted by molar-refractivity contribution is 6.30. The fourth-order valence-corrected chi connectivity index (χ4v) is 3.50. The van der Waals surface area contributed by atoms with E-state index in [0.29, 0.717) is 18.1 Å². The highest BCUT2D eigenvalue weighted by Gasteiger charge is 2.34. The first-order valence-electron chi connectivity index (χ1n) is 8.33. The minimum atomic E-state index is -0.228. The lowest BCUT2D eigenvalue weighted by Crippen LogP contribution is -2.37. The maximum atomic E-state index is 12.7. The van der Waals surface area contributed by atoms with Crippen molar-refractivity contribution in [2.45, 2.75) is 12.0 Å². The number of methoxy groups -OCH3 is 1. The van der Waals surface area contributed by atoms with E-state index >= 15 is 0 Å². The summed E-state index contributed by atoms with van der Waals surface area (Å²) in [6, 6.07) is 7.50. The van der Waals surface area contributed by atoms with Gasteiger partial charge in [-0.25, -0.2) is 0 Å². The van der Waals surface area contributed by atoms with Crippen molar-refractivity contribution in [1.29, 1.82) is 0 Å². The molecule has 1 aliphatic heterocycles. The summed E-state index contributed by atoms with van der Waals surface area (Å²) in [6.45, 7) is 1.86. The summed E-state index contributed by atoms with van der Waals surface area (Å²) in [5.41, 5.74) is 2.04. The summed E-state index contributed by atoms with van der Waals surface area (Å²) >= 11 is 6.04. The third-order valence-electron chi connectivity index (χ3n) is 4.67. The van der Waals surface area contributed by atoms with Gasteiger partial charge in [0.1, 0.15) is 0 Å². The average Bonchev–Trinajstić information content (AvgIpc) is 3.24. The van der Waals surface area contributed by atoms with Crippen molar-refractivity contribution < 1.29 is 9.53 Å². The predicted molar refractivity (Wildman–Crippen MR) is 96.5 cm³/mol. The van der Waals surface area contributed by atoms with E-state index in [9.17, 15) is 4.79 Å². The van der Waals surface area contributed by atoms with Crippen molar-refractivity contribution in [3.8, 4) is 0 Å². The van der Waals surface area contributed by atoms with Crippen LogP contribution in [0, 0.1) is 5.92 Å². The monoisotopic (exact) mass is 362 g/mol. The molecule has 3 atom stereocenters. The number of hydrogen-bond donors (Lipinski definition) is 2. The molecule has 2 N–H and O–H groups in total. The molecular weight excluding hydrogens is 340 g/mol. The number of ether oxygens (including phenoxy) is 1. The zero-order valence-corrected chi connectivity index (χ0v) is 15.2. The van der Waals surface area contributed by atoms with Gasteiger partial charge in [-0.1, -0.05) is 23.7 Å². The molecule has 134 valence electrons. The Morgan fingerprint density at radius 2 is 2.36 bits per heavy atom. The van der Waals surface area contributed by atoms with Crippen molar-refractivity contribution in [3.05, 3.63) is 52.8 Å². The number of halogens is 1. The SMILES string of the molecule is COC(CNC(=O)[C@H]1CNC[C@@H]1c1cnn(C)c1)c1cccc(Cl)c1. The molecule has 1 aliphatic rings. The number of benzene rings is 1. The summed E-state index contributed by atoms with van der Waals surface area (Å²) in [6.07, 6.45) is 3.58. The van der Waals surface area contributed by atoms with Crippen molar-refractivity contribution >= 4 is 17.5 Å². The van der Waals surface area contributed by atoms with Gasteiger partial charge in [0.25, 0.3) is 0 Å². The van der Waals surface area contributed by atoms with E-state index in [1.54, 1.807) is 11.8 Å². The quantitative estimate of drug-likeness (QED) is 0.823. The van der Waals surface area contributed by atoms with E-state index in [1.807, 2.05) is 43.7 Å². The summed E-state index contributed by atoms with van der Waals surface area (Å²) in [5, 5.41) is 11.2. The molecule has 1 aromatic heterocycles. The number of rotatable bonds is 6. The Morgan fingerprint density at radius 1 is 1.52 bits per heavy atom. The van der Waals surface area contributed by atoms with E-state index in [2.05, 4.69) is 15.7 Å². The number of hydrogen-bond acceptors (Lipinski definition) is 4. The van der Waals surface area contributed by atoms with Crippen LogP contribution in [-0.4, -0.2) is 42.4 Å². The lowest BCUT2D eigenvalue weighted by atomic mass is 9.90. The van der Waals surface area contributed by atoms with Crippen LogP contribution < -0.4 is 10.6 Å². The van der Waals surface area contributed by atoms with E-state index in [1.165, 1.54) is 0 Å². The van der Waals surface area contributed by atoms with Crippen LogP contribution in [0.4, 0.5) is 0 Å². The summed E-state index contributed by atoms with van der Waals surface area (Å²) < 4.78 is 7.28. The van der Waals surface area contributed by atoms with Crippen LogP contribution in [0.1, 0.15) is 23.1 Å². The van der Waals surface area contributed by atoms with Gasteiger partial charge in [0.05, 0.1) is 18.2 Å². The smallest absolute Gasteiger partial charge is 0.225 e. The zero-order valence-electron chi connectivity index (χ0n) is 14.4. The minimum Gasteiger partial charge on any atom is -0.375 e. The molecule has 0 aliphatic carbocycles. The number of carbonyl (C=O) groups excluding carboxylic acids is 1. The molecule has 1 unspecified atom stereocenters. The molecule has 2 aromatic rings. The van der Waals surface area contributed by atoms with E-state index in [4.69, 9.17) is 16.3 Å². The first-order chi connectivity index (χ1) is 12.1. The molecule has 6 nitrogen and oxygen atoms in total. The van der Waals surface area contributed by atoms with E-state index in [-0.39, 0.29) is 23.8 Å². The molecule has 1 aromatic carbocycles. The minimum absolute atomic E-state index is 0.0305. The maximum Gasteiger partial charge on any atom is 0.225 e. The van der Waals surface area contributed by atoms with Crippen LogP contribution in [0.2, 0.25) is 5.02 Å². The Morgan fingerprint density at radius 3 is 3.04 bits per heavy atom. The number of nitrogens with one attached hydrogen (secondary N) is 2. The molecule has 1 amide bonds. The lowest BCUT2D eigenvalue weighted by molar-refractivity contribution is -0.125. The molecule has 1 saturated heterocycles. The molecule has 1 fully saturated rings. The summed E-state index contributed by atoms with van der Waals surface area (Å²) in [5.74, 6) is 0.0601. The Bertz CT molecular complexity index is 733. The lowest BCUT2D eigenvalue weighted by Gasteiger charge is -2.20. The Hall–Kier alpha value is -1.89. The first kappa shape index (κ1) is 17.9. The summed E-state index contributed by atoms with van der Waals surface area (Å²) in [4.78, 5) is 12.7. The van der Waals surface area contributed by atoms with Crippen LogP contribution in [0.5, 0.6) is 0 Å². The van der Waals surface area contributed by atoms with Gasteiger partial charge in [-0.2, -0.15) is 5.10 Å². The number of aryl methyl sites for hydroxylation is 1. The second kappa shape index (κ2) is 7.99. The van der Waals surface area contributed by atoms with Crippen LogP contribution in [0.3, 0.4) is 0 Å². The topological polar surface area (TPSA) is 68.2 Å². The normalized spacial score (nSPS) is 21.2. The van der Waals surface area contributed by atoms with E-state index < -0.39 is 0 Å². The number of carbonyl (C=O) groups is 1. The highest BCUT2D eigenvalue weighted by Crippen LogP contribution is 2.28. The van der Waals surface area contributed by atoms with Crippen molar-refractivity contribution in [2.24, 2.45) is 13.0 Å². The summed E-state index contributed by atoms with van der Waals surface area (Å²) in [7, 11) is 3.52. The highest BCUT2D eigenvalue weighted by atomic mass is 35.5. The fourth-order valence-electron chi connectivity index (χ4n) is 3.30. The molecular formula is C18H23ClN4O2. The van der Waals surface area contributed by atoms with Crippen LogP contribution in [0.25, 0.3) is 0 Å². The zero-order chi connectivity index (χ0) is 17.8. The molecule has 3 rings (SSSR count). The van der Waals surface area contributed by atoms with Gasteiger partial charge < -0.3 is 15.4 Å². The van der Waals surface area contributed by atoms with Gasteiger partial charge in [-0.05, 0) is 23.3 Å². The van der Waals surface area contributed by atoms with Gasteiger partial charge in [-0.3, -0.25) is 9.48 Å². The van der Waals surface area contributed by atoms with Crippen LogP contribution in [0.15, 0.2) is 36.7 Å². The van der Waals surface area contributed by atoms with E-state index in [0.717, 1.165) is 17.7 Å². The molecule has 25 heavy (non-hydrogen) atoms. The van der Waals surface area contributed by atoms with Crippen LogP contribution >= 0.6 is 11.6 Å². The average molecular weight is 363 g/mol. The van der Waals surface area contributed by atoms with Gasteiger partial charge in [0.2, 0.25) is 5.91 Å². The molecule has 2 heterocycles. The second-order valence-corrected chi connectivity index (χ2v) is 6.78. The van der Waals surface area contributed by atoms with Gasteiger partial charge in [0, 0.05) is 50.9 Å². The van der Waals surface area contributed by atoms with Gasteiger partial charge in [0.15, 0.2) is 0 Å². The van der Waals surface area contributed by atoms with Crippen molar-refractivity contribution in [2.75, 3.05) is 26.7 Å². The van der Waals surface area contributed by atoms with Crippen LogP contribution in [-0.2, 0) is 16.6 Å². The van der Waals surface area contributed by atoms with Gasteiger partial charge >= 0.3 is 0 Å². The molecule has 0 radical (unpaired) electrons. The number of aromatic nitrogens is 2. The van der Waals surface area contributed by atoms with Gasteiger partial charge in [-0.15, -0.1) is 0 Å². The number of amides is 1. The third-order valence-corrected chi connectivity index (χ3v) is 4.91. The standard InChI is InChI=1S/C18H23ClN4O2/c1-23-11-13(7-22-23)15-8-20-9-16(15)18(24)21-10-17(25-2)12-4-3-5-14(19)6-12/h3-7,11,15-17,20H,8-10H2,1-2H3,(H,21,24)/t15-,16+,17?/m1/s1. The molecule has 7 heteroatoms. The number of nitrogens with zero attached hydrogens (tertiary/aromatic N) is 2. The molecule has 0 bridgehead atoms. The fraction of sp³-hybridized carbons (Fsp3) is 0.444. The molecule has 0 saturated carbocycles. The third kappa shape index (κ3) is 4.21. The Labute approximate surface area is 152 Å². The van der Waals surface area contributed by atoms with Crippen molar-refractivity contribution in [1.82, 2.24) is 20.4 Å². The largest absolute Gasteiger partial charge is 0.375 e. The van der Waals surface area contributed by atoms with Crippen molar-refractivity contribution in [3.63, 3.8) is 0 Å². The Kier molecular flexibility index (Phi) is 5.73. The molecule has 0 spiro atoms. The first-order valence-corrected chi connectivity index (χ1v) is 8.71. The maximum absolute atomic E-state index is 12.7. The Balaban J connectivity index is 1.63. The second-order valence-electron chi connectivity index (χ2n) is 6.34. The predicted octanol–water partition coefficient (Wildman–Crippen LogP) is 1.88.